The van der Waals surface area contributed by atoms with Crippen molar-refractivity contribution in [2.75, 3.05) is 6.54 Å². The zero-order chi connectivity index (χ0) is 17.8. The average Bonchev–Trinajstić information content (AvgIpc) is 2.62. The molecule has 3 N–H and O–H groups in total. The number of aromatic nitrogens is 1. The molecule has 1 heterocycles. The zero-order valence-electron chi connectivity index (χ0n) is 13.2. The van der Waals surface area contributed by atoms with Crippen LogP contribution in [0.5, 0.6) is 0 Å². The Morgan fingerprint density at radius 3 is 2.64 bits per heavy atom. The van der Waals surface area contributed by atoms with Crippen molar-refractivity contribution < 1.29 is 13.6 Å². The molecule has 7 heteroatoms. The Hall–Kier alpha value is -2.77. The number of hydrogen-bond donors (Lipinski definition) is 3. The van der Waals surface area contributed by atoms with Gasteiger partial charge in [-0.2, -0.15) is 0 Å². The third-order valence-corrected chi connectivity index (χ3v) is 4.50. The van der Waals surface area contributed by atoms with E-state index in [1.807, 2.05) is 30.3 Å². The Bertz CT molecular complexity index is 999. The molecular weight excluding hydrogens is 340 g/mol. The molecule has 0 saturated carbocycles. The van der Waals surface area contributed by atoms with Crippen LogP contribution in [-0.4, -0.2) is 26.2 Å². The van der Waals surface area contributed by atoms with Gasteiger partial charge in [-0.15, -0.1) is 0 Å². The minimum Gasteiger partial charge on any atom is -0.360 e. The Morgan fingerprint density at radius 1 is 1.16 bits per heavy atom. The summed E-state index contributed by atoms with van der Waals surface area (Å²) in [5, 5.41) is 2.93. The summed E-state index contributed by atoms with van der Waals surface area (Å²) >= 11 is -2.19. The van der Waals surface area contributed by atoms with Crippen LogP contribution >= 0.6 is 0 Å². The summed E-state index contributed by atoms with van der Waals surface area (Å²) in [5.41, 5.74) is 1.09. The lowest BCUT2D eigenvalue weighted by molar-refractivity contribution is 0.0953. The van der Waals surface area contributed by atoms with Crippen LogP contribution in [0.3, 0.4) is 0 Å². The van der Waals surface area contributed by atoms with Crippen LogP contribution in [-0.2, 0) is 17.5 Å². The lowest BCUT2D eigenvalue weighted by atomic mass is 10.1. The van der Waals surface area contributed by atoms with Gasteiger partial charge in [-0.3, -0.25) is 9.59 Å². The van der Waals surface area contributed by atoms with Crippen molar-refractivity contribution in [1.29, 1.82) is 0 Å². The SMILES string of the molecule is O=C(NCCc1ccccc1)c1c[nH]c2ccc(S(=O)O)cc2c1=O. The van der Waals surface area contributed by atoms with Crippen LogP contribution < -0.4 is 10.7 Å². The fourth-order valence-corrected chi connectivity index (χ4v) is 2.94. The molecule has 3 rings (SSSR count). The highest BCUT2D eigenvalue weighted by molar-refractivity contribution is 7.79. The number of benzene rings is 2. The van der Waals surface area contributed by atoms with Crippen LogP contribution in [0.4, 0.5) is 0 Å². The number of hydrogen-bond acceptors (Lipinski definition) is 3. The van der Waals surface area contributed by atoms with Gasteiger partial charge in [0, 0.05) is 23.6 Å². The summed E-state index contributed by atoms with van der Waals surface area (Å²) in [6.45, 7) is 0.404. The van der Waals surface area contributed by atoms with E-state index in [9.17, 15) is 13.8 Å². The Morgan fingerprint density at radius 2 is 1.92 bits per heavy atom. The van der Waals surface area contributed by atoms with E-state index in [0.717, 1.165) is 5.56 Å². The number of amides is 1. The first-order chi connectivity index (χ1) is 12.1. The lowest BCUT2D eigenvalue weighted by Gasteiger charge is -2.07. The molecule has 6 nitrogen and oxygen atoms in total. The van der Waals surface area contributed by atoms with E-state index in [-0.39, 0.29) is 15.8 Å². The first kappa shape index (κ1) is 17.1. The minimum atomic E-state index is -2.19. The summed E-state index contributed by atoms with van der Waals surface area (Å²) < 4.78 is 20.3. The topological polar surface area (TPSA) is 99.3 Å². The predicted molar refractivity (Wildman–Crippen MR) is 96.1 cm³/mol. The summed E-state index contributed by atoms with van der Waals surface area (Å²) in [5.74, 6) is -0.477. The maximum absolute atomic E-state index is 12.5. The molecule has 0 aliphatic rings. The zero-order valence-corrected chi connectivity index (χ0v) is 14.0. The first-order valence-corrected chi connectivity index (χ1v) is 8.75. The molecule has 0 fully saturated rings. The Kier molecular flexibility index (Phi) is 5.06. The minimum absolute atomic E-state index is 0.0265. The van der Waals surface area contributed by atoms with Crippen molar-refractivity contribution in [3.8, 4) is 0 Å². The molecule has 3 aromatic rings. The third kappa shape index (κ3) is 3.84. The number of H-pyrrole nitrogens is 1. The van der Waals surface area contributed by atoms with Crippen LogP contribution in [0.15, 0.2) is 64.4 Å². The molecule has 1 unspecified atom stereocenters. The van der Waals surface area contributed by atoms with Gasteiger partial charge in [0.15, 0.2) is 11.1 Å². The second-order valence-electron chi connectivity index (χ2n) is 5.48. The van der Waals surface area contributed by atoms with E-state index in [2.05, 4.69) is 10.3 Å². The summed E-state index contributed by atoms with van der Waals surface area (Å²) in [6, 6.07) is 14.0. The van der Waals surface area contributed by atoms with E-state index in [4.69, 9.17) is 4.55 Å². The number of aromatic amines is 1. The normalized spacial score (nSPS) is 12.0. The Balaban J connectivity index is 1.80. The van der Waals surface area contributed by atoms with Crippen molar-refractivity contribution in [3.05, 3.63) is 76.1 Å². The third-order valence-electron chi connectivity index (χ3n) is 3.84. The smallest absolute Gasteiger partial charge is 0.256 e. The number of rotatable bonds is 5. The molecule has 128 valence electrons. The molecule has 0 radical (unpaired) electrons. The summed E-state index contributed by atoms with van der Waals surface area (Å²) in [4.78, 5) is 27.8. The van der Waals surface area contributed by atoms with Gasteiger partial charge in [0.2, 0.25) is 5.43 Å². The van der Waals surface area contributed by atoms with Crippen LogP contribution in [0.1, 0.15) is 15.9 Å². The second-order valence-corrected chi connectivity index (χ2v) is 6.45. The van der Waals surface area contributed by atoms with Gasteiger partial charge in [-0.05, 0) is 30.2 Å². The molecule has 1 amide bonds. The second kappa shape index (κ2) is 7.42. The van der Waals surface area contributed by atoms with Crippen molar-refractivity contribution >= 4 is 27.9 Å². The van der Waals surface area contributed by atoms with Crippen molar-refractivity contribution in [3.63, 3.8) is 0 Å². The van der Waals surface area contributed by atoms with E-state index in [1.54, 1.807) is 0 Å². The van der Waals surface area contributed by atoms with Gasteiger partial charge in [-0.1, -0.05) is 30.3 Å². The molecular formula is C18H16N2O4S. The number of pyridine rings is 1. The highest BCUT2D eigenvalue weighted by Gasteiger charge is 2.13. The maximum atomic E-state index is 12.5. The number of carbonyl (C=O) groups is 1. The van der Waals surface area contributed by atoms with Crippen LogP contribution in [0.25, 0.3) is 10.9 Å². The van der Waals surface area contributed by atoms with Crippen molar-refractivity contribution in [2.45, 2.75) is 11.3 Å². The number of nitrogens with one attached hydrogen (secondary N) is 2. The van der Waals surface area contributed by atoms with E-state index >= 15 is 0 Å². The number of fused-ring (bicyclic) bond motifs is 1. The van der Waals surface area contributed by atoms with E-state index in [0.29, 0.717) is 18.5 Å². The monoisotopic (exact) mass is 356 g/mol. The molecule has 0 aliphatic heterocycles. The molecule has 0 aliphatic carbocycles. The summed E-state index contributed by atoms with van der Waals surface area (Å²) in [7, 11) is 0. The maximum Gasteiger partial charge on any atom is 0.256 e. The first-order valence-electron chi connectivity index (χ1n) is 7.64. The molecule has 0 spiro atoms. The molecule has 25 heavy (non-hydrogen) atoms. The highest BCUT2D eigenvalue weighted by atomic mass is 32.2. The molecule has 1 aromatic heterocycles. The molecule has 2 aromatic carbocycles. The van der Waals surface area contributed by atoms with Gasteiger partial charge in [0.25, 0.3) is 5.91 Å². The molecule has 0 saturated heterocycles. The van der Waals surface area contributed by atoms with Gasteiger partial charge in [-0.25, -0.2) is 4.21 Å². The number of carbonyl (C=O) groups excluding carboxylic acids is 1. The molecule has 1 atom stereocenters. The molecule has 0 bridgehead atoms. The van der Waals surface area contributed by atoms with Gasteiger partial charge in [0.05, 0.1) is 4.90 Å². The van der Waals surface area contributed by atoms with Crippen molar-refractivity contribution in [2.24, 2.45) is 0 Å². The fourth-order valence-electron chi connectivity index (χ4n) is 2.54. The average molecular weight is 356 g/mol. The van der Waals surface area contributed by atoms with Gasteiger partial charge < -0.3 is 14.9 Å². The quantitative estimate of drug-likeness (QED) is 0.610. The van der Waals surface area contributed by atoms with Crippen LogP contribution in [0.2, 0.25) is 0 Å². The Labute approximate surface area is 146 Å². The van der Waals surface area contributed by atoms with Crippen LogP contribution in [0, 0.1) is 0 Å². The predicted octanol–water partition coefficient (Wildman–Crippen LogP) is 2.08. The standard InChI is InChI=1S/C18H16N2O4S/c21-17-14-10-13(25(23)24)6-7-16(14)20-11-15(17)18(22)19-9-8-12-4-2-1-3-5-12/h1-7,10-11H,8-9H2,(H,19,22)(H,20,21)(H,23,24). The summed E-state index contributed by atoms with van der Waals surface area (Å²) in [6.07, 6.45) is 2.02. The lowest BCUT2D eigenvalue weighted by Crippen LogP contribution is -2.30. The fraction of sp³-hybridized carbons (Fsp3) is 0.111. The van der Waals surface area contributed by atoms with Gasteiger partial charge in [0.1, 0.15) is 5.56 Å². The largest absolute Gasteiger partial charge is 0.360 e. The van der Waals surface area contributed by atoms with Gasteiger partial charge >= 0.3 is 0 Å². The highest BCUT2D eigenvalue weighted by Crippen LogP contribution is 2.13. The van der Waals surface area contributed by atoms with E-state index < -0.39 is 22.4 Å². The van der Waals surface area contributed by atoms with E-state index in [1.165, 1.54) is 24.4 Å². The van der Waals surface area contributed by atoms with Crippen molar-refractivity contribution in [1.82, 2.24) is 10.3 Å².